The Hall–Kier alpha value is -2.59. The van der Waals surface area contributed by atoms with E-state index in [4.69, 9.17) is 20.2 Å². The normalized spacial score (nSPS) is 21.8. The van der Waals surface area contributed by atoms with Gasteiger partial charge >= 0.3 is 5.97 Å². The highest BCUT2D eigenvalue weighted by Crippen LogP contribution is 2.34. The van der Waals surface area contributed by atoms with Crippen LogP contribution in [0.1, 0.15) is 13.8 Å². The van der Waals surface area contributed by atoms with Crippen LogP contribution in [0, 0.1) is 5.92 Å². The first-order valence-corrected chi connectivity index (χ1v) is 12.9. The van der Waals surface area contributed by atoms with Crippen molar-refractivity contribution in [2.24, 2.45) is 16.6 Å². The molecule has 2 heterocycles. The number of ether oxygens (including phenoxy) is 2. The molecule has 0 amide bonds. The molecular formula is C26H36N4O4S. The van der Waals surface area contributed by atoms with Crippen LogP contribution in [0.3, 0.4) is 0 Å². The van der Waals surface area contributed by atoms with Crippen LogP contribution >= 0.6 is 11.8 Å². The van der Waals surface area contributed by atoms with Crippen LogP contribution in [-0.2, 0) is 14.3 Å². The van der Waals surface area contributed by atoms with Gasteiger partial charge in [-0.15, -0.1) is 0 Å². The number of nitrogens with zero attached hydrogens (tertiary/aromatic N) is 3. The Balaban J connectivity index is 1.46. The molecule has 1 atom stereocenters. The van der Waals surface area contributed by atoms with Crippen molar-refractivity contribution >= 4 is 29.3 Å². The average Bonchev–Trinajstić information content (AvgIpc) is 2.89. The zero-order valence-corrected chi connectivity index (χ0v) is 21.3. The second-order valence-electron chi connectivity index (χ2n) is 8.69. The molecule has 0 aromatic heterocycles. The minimum Gasteiger partial charge on any atom is -0.508 e. The van der Waals surface area contributed by atoms with E-state index in [9.17, 15) is 9.90 Å². The van der Waals surface area contributed by atoms with Crippen molar-refractivity contribution in [3.8, 4) is 5.75 Å². The zero-order chi connectivity index (χ0) is 25.0. The van der Waals surface area contributed by atoms with Gasteiger partial charge < -0.3 is 25.2 Å². The van der Waals surface area contributed by atoms with E-state index in [-0.39, 0.29) is 24.2 Å². The zero-order valence-electron chi connectivity index (χ0n) is 20.5. The number of phenolic OH excluding ortho intramolecular Hbond substituents is 1. The highest BCUT2D eigenvalue weighted by Gasteiger charge is 2.20. The van der Waals surface area contributed by atoms with Crippen molar-refractivity contribution in [1.29, 1.82) is 0 Å². The van der Waals surface area contributed by atoms with E-state index in [0.717, 1.165) is 49.1 Å². The maximum Gasteiger partial charge on any atom is 0.323 e. The summed E-state index contributed by atoms with van der Waals surface area (Å²) in [5.74, 6) is 0.814. The number of carbonyl (C=O) groups is 1. The van der Waals surface area contributed by atoms with Crippen LogP contribution in [0.15, 0.2) is 63.9 Å². The summed E-state index contributed by atoms with van der Waals surface area (Å²) in [4.78, 5) is 22.2. The molecule has 0 aliphatic carbocycles. The smallest absolute Gasteiger partial charge is 0.323 e. The number of aromatic hydroxyl groups is 1. The molecule has 190 valence electrons. The van der Waals surface area contributed by atoms with E-state index in [1.165, 1.54) is 11.8 Å². The first-order chi connectivity index (χ1) is 16.9. The first-order valence-electron chi connectivity index (χ1n) is 12.0. The summed E-state index contributed by atoms with van der Waals surface area (Å²) >= 11 is 1.54. The van der Waals surface area contributed by atoms with E-state index in [1.807, 2.05) is 55.7 Å². The molecule has 2 aliphatic heterocycles. The number of fused-ring (bicyclic) bond motifs is 1. The number of allylic oxidation sites excluding steroid dienone is 4. The molecule has 2 aliphatic rings. The molecule has 0 saturated carbocycles. The molecule has 0 bridgehead atoms. The van der Waals surface area contributed by atoms with Gasteiger partial charge in [-0.3, -0.25) is 9.69 Å². The Bertz CT molecular complexity index is 953. The van der Waals surface area contributed by atoms with Gasteiger partial charge in [0.15, 0.2) is 0 Å². The fourth-order valence-corrected chi connectivity index (χ4v) is 4.26. The lowest BCUT2D eigenvalue weighted by Crippen LogP contribution is -2.49. The number of piperazine rings is 1. The van der Waals surface area contributed by atoms with Crippen LogP contribution in [0.5, 0.6) is 5.75 Å². The molecule has 3 rings (SSSR count). The fraction of sp³-hybridized carbons (Fsp3) is 0.462. The predicted octanol–water partition coefficient (Wildman–Crippen LogP) is 3.31. The van der Waals surface area contributed by atoms with E-state index >= 15 is 0 Å². The molecule has 1 aromatic carbocycles. The van der Waals surface area contributed by atoms with Crippen molar-refractivity contribution < 1.29 is 19.4 Å². The van der Waals surface area contributed by atoms with Crippen LogP contribution in [-0.4, -0.2) is 85.3 Å². The second kappa shape index (κ2) is 14.1. The van der Waals surface area contributed by atoms with E-state index in [1.54, 1.807) is 12.1 Å². The summed E-state index contributed by atoms with van der Waals surface area (Å²) in [5.41, 5.74) is 6.61. The number of nitrogens with two attached hydrogens (primary N) is 1. The average molecular weight is 501 g/mol. The number of hydrogen-bond acceptors (Lipinski definition) is 9. The topological polar surface area (TPSA) is 101 Å². The van der Waals surface area contributed by atoms with Crippen molar-refractivity contribution in [1.82, 2.24) is 9.80 Å². The van der Waals surface area contributed by atoms with Gasteiger partial charge in [0.1, 0.15) is 24.2 Å². The molecule has 35 heavy (non-hydrogen) atoms. The second-order valence-corrected chi connectivity index (χ2v) is 9.64. The third-order valence-electron chi connectivity index (χ3n) is 5.74. The minimum atomic E-state index is -0.589. The van der Waals surface area contributed by atoms with E-state index in [0.29, 0.717) is 13.2 Å². The lowest BCUT2D eigenvalue weighted by atomic mass is 10.1. The number of amidine groups is 1. The summed E-state index contributed by atoms with van der Waals surface area (Å²) < 4.78 is 10.8. The number of hydrogen-bond donors (Lipinski definition) is 2. The quantitative estimate of drug-likeness (QED) is 0.414. The van der Waals surface area contributed by atoms with E-state index < -0.39 is 6.04 Å². The summed E-state index contributed by atoms with van der Waals surface area (Å²) in [6, 6.07) is 4.68. The molecule has 3 N–H and O–H groups in total. The Morgan fingerprint density at radius 1 is 1.11 bits per heavy atom. The van der Waals surface area contributed by atoms with E-state index in [2.05, 4.69) is 9.80 Å². The Morgan fingerprint density at radius 2 is 1.89 bits per heavy atom. The molecule has 1 unspecified atom stereocenters. The van der Waals surface area contributed by atoms with Gasteiger partial charge in [-0.25, -0.2) is 4.99 Å². The first kappa shape index (κ1) is 27.0. The van der Waals surface area contributed by atoms with Gasteiger partial charge in [0.25, 0.3) is 0 Å². The van der Waals surface area contributed by atoms with Crippen molar-refractivity contribution in [2.45, 2.75) is 24.8 Å². The molecular weight excluding hydrogens is 464 g/mol. The Labute approximate surface area is 212 Å². The number of rotatable bonds is 8. The SMILES string of the molecule is CC(C)C(N)C(=O)OCCOCCN1CCN(C2=N/c3ccc(O)cc3S/C=C/C=C\C=C\2)CC1. The lowest BCUT2D eigenvalue weighted by molar-refractivity contribution is -0.147. The number of phenols is 1. The molecule has 1 fully saturated rings. The van der Waals surface area contributed by atoms with Crippen molar-refractivity contribution in [2.75, 3.05) is 52.5 Å². The molecule has 1 saturated heterocycles. The largest absolute Gasteiger partial charge is 0.508 e. The van der Waals surface area contributed by atoms with Gasteiger partial charge in [0.05, 0.1) is 18.9 Å². The third kappa shape index (κ3) is 8.85. The number of thioether (sulfide) groups is 1. The Morgan fingerprint density at radius 3 is 2.66 bits per heavy atom. The Kier molecular flexibility index (Phi) is 10.9. The maximum absolute atomic E-state index is 11.8. The summed E-state index contributed by atoms with van der Waals surface area (Å²) in [5, 5.41) is 11.9. The third-order valence-corrected chi connectivity index (χ3v) is 6.62. The van der Waals surface area contributed by atoms with Crippen molar-refractivity contribution in [3.63, 3.8) is 0 Å². The lowest BCUT2D eigenvalue weighted by Gasteiger charge is -2.35. The van der Waals surface area contributed by atoms with Crippen LogP contribution in [0.25, 0.3) is 0 Å². The monoisotopic (exact) mass is 500 g/mol. The molecule has 8 nitrogen and oxygen atoms in total. The van der Waals surface area contributed by atoms with Crippen molar-refractivity contribution in [3.05, 3.63) is 54.0 Å². The van der Waals surface area contributed by atoms with Gasteiger partial charge in [-0.05, 0) is 35.6 Å². The fourth-order valence-electron chi connectivity index (χ4n) is 3.52. The van der Waals surface area contributed by atoms with Gasteiger partial charge in [-0.1, -0.05) is 49.9 Å². The number of aliphatic imine (C=N–C) groups is 1. The minimum absolute atomic E-state index is 0.0555. The molecule has 0 spiro atoms. The summed E-state index contributed by atoms with van der Waals surface area (Å²) in [7, 11) is 0. The molecule has 0 radical (unpaired) electrons. The summed E-state index contributed by atoms with van der Waals surface area (Å²) in [6.07, 6.45) is 9.97. The number of carbonyl (C=O) groups excluding carboxylic acids is 1. The van der Waals surface area contributed by atoms with Crippen LogP contribution < -0.4 is 5.73 Å². The van der Waals surface area contributed by atoms with Gasteiger partial charge in [-0.2, -0.15) is 0 Å². The number of esters is 1. The molecule has 1 aromatic rings. The standard InChI is InChI=1S/C26H36N4O4S/c1-20(2)25(27)26(32)34-17-16-33-15-14-29-10-12-30(13-11-29)24-7-5-3-4-6-18-35-23-19-21(31)8-9-22(23)28-24/h3-9,18-20,25,31H,10-17,27H2,1-2H3/b4-3-,7-5+,18-6+,28-24+. The maximum atomic E-state index is 11.8. The highest BCUT2D eigenvalue weighted by atomic mass is 32.2. The van der Waals surface area contributed by atoms with Gasteiger partial charge in [0.2, 0.25) is 0 Å². The summed E-state index contributed by atoms with van der Waals surface area (Å²) in [6.45, 7) is 9.31. The van der Waals surface area contributed by atoms with Gasteiger partial charge in [0, 0.05) is 37.6 Å². The highest BCUT2D eigenvalue weighted by molar-refractivity contribution is 8.02. The van der Waals surface area contributed by atoms with Crippen LogP contribution in [0.4, 0.5) is 5.69 Å². The number of benzene rings is 1. The molecule has 9 heteroatoms. The predicted molar refractivity (Wildman–Crippen MR) is 141 cm³/mol. The van der Waals surface area contributed by atoms with Crippen LogP contribution in [0.2, 0.25) is 0 Å².